The lowest BCUT2D eigenvalue weighted by Gasteiger charge is -2.47. The Morgan fingerprint density at radius 1 is 1.17 bits per heavy atom. The molecule has 0 radical (unpaired) electrons. The summed E-state index contributed by atoms with van der Waals surface area (Å²) in [6.45, 7) is 10.9. The minimum absolute atomic E-state index is 0.0522. The number of ether oxygens (including phenoxy) is 2. The number of rotatable bonds is 2. The van der Waals surface area contributed by atoms with Crippen molar-refractivity contribution in [3.05, 3.63) is 11.6 Å². The predicted molar refractivity (Wildman–Crippen MR) is 91.7 cm³/mol. The summed E-state index contributed by atoms with van der Waals surface area (Å²) in [6.07, 6.45) is 4.29. The van der Waals surface area contributed by atoms with Gasteiger partial charge in [-0.3, -0.25) is 4.90 Å². The Bertz CT molecular complexity index is 514. The van der Waals surface area contributed by atoms with Crippen LogP contribution in [-0.4, -0.2) is 66.3 Å². The number of methoxy groups -OCH3 is 1. The number of nitrogens with zero attached hydrogens (tertiary/aromatic N) is 2. The number of carbonyl (C=O) groups excluding carboxylic acids is 2. The quantitative estimate of drug-likeness (QED) is 0.724. The first-order valence-corrected chi connectivity index (χ1v) is 8.65. The number of esters is 1. The number of carbonyl (C=O) groups is 2. The molecule has 2 rings (SSSR count). The van der Waals surface area contributed by atoms with Crippen molar-refractivity contribution in [1.29, 1.82) is 0 Å². The summed E-state index contributed by atoms with van der Waals surface area (Å²) in [6, 6.07) is 0. The Balaban J connectivity index is 1.90. The third-order valence-corrected chi connectivity index (χ3v) is 4.91. The van der Waals surface area contributed by atoms with Gasteiger partial charge >= 0.3 is 12.1 Å². The van der Waals surface area contributed by atoms with Crippen molar-refractivity contribution in [3.8, 4) is 0 Å². The van der Waals surface area contributed by atoms with Crippen LogP contribution in [0.2, 0.25) is 0 Å². The van der Waals surface area contributed by atoms with Crippen LogP contribution >= 0.6 is 0 Å². The van der Waals surface area contributed by atoms with Gasteiger partial charge in [0.1, 0.15) is 5.60 Å². The second kappa shape index (κ2) is 7.13. The standard InChI is InChI=1S/C18H30N2O4/c1-17(2,3)24-16(22)19-12-8-18(4,9-13-19)20-10-6-14(7-11-20)15(21)23-5/h6H,7-13H2,1-5H3. The first kappa shape index (κ1) is 18.8. The minimum atomic E-state index is -0.459. The fourth-order valence-electron chi connectivity index (χ4n) is 3.29. The van der Waals surface area contributed by atoms with E-state index in [1.54, 1.807) is 4.90 Å². The van der Waals surface area contributed by atoms with Crippen LogP contribution < -0.4 is 0 Å². The maximum absolute atomic E-state index is 12.2. The van der Waals surface area contributed by atoms with E-state index in [-0.39, 0.29) is 17.6 Å². The number of piperidine rings is 1. The van der Waals surface area contributed by atoms with Gasteiger partial charge in [-0.05, 0) is 47.0 Å². The molecule has 0 N–H and O–H groups in total. The molecule has 0 bridgehead atoms. The number of hydrogen-bond acceptors (Lipinski definition) is 5. The van der Waals surface area contributed by atoms with Crippen LogP contribution in [0, 0.1) is 0 Å². The fourth-order valence-corrected chi connectivity index (χ4v) is 3.29. The topological polar surface area (TPSA) is 59.1 Å². The third-order valence-electron chi connectivity index (χ3n) is 4.91. The Kier molecular flexibility index (Phi) is 5.58. The molecule has 0 aliphatic carbocycles. The van der Waals surface area contributed by atoms with E-state index in [0.717, 1.165) is 37.9 Å². The fraction of sp³-hybridized carbons (Fsp3) is 0.778. The average molecular weight is 338 g/mol. The monoisotopic (exact) mass is 338 g/mol. The van der Waals surface area contributed by atoms with Gasteiger partial charge in [0.15, 0.2) is 0 Å². The summed E-state index contributed by atoms with van der Waals surface area (Å²) in [5, 5.41) is 0. The predicted octanol–water partition coefficient (Wildman–Crippen LogP) is 2.58. The van der Waals surface area contributed by atoms with Crippen LogP contribution in [0.25, 0.3) is 0 Å². The second-order valence-electron chi connectivity index (χ2n) is 7.88. The lowest BCUT2D eigenvalue weighted by atomic mass is 9.86. The van der Waals surface area contributed by atoms with E-state index in [0.29, 0.717) is 13.1 Å². The molecular weight excluding hydrogens is 308 g/mol. The van der Waals surface area contributed by atoms with Gasteiger partial charge in [0, 0.05) is 37.3 Å². The molecule has 2 aliphatic heterocycles. The third kappa shape index (κ3) is 4.50. The van der Waals surface area contributed by atoms with Crippen molar-refractivity contribution in [2.75, 3.05) is 33.3 Å². The first-order valence-electron chi connectivity index (χ1n) is 8.65. The normalized spacial score (nSPS) is 21.9. The molecule has 1 saturated heterocycles. The summed E-state index contributed by atoms with van der Waals surface area (Å²) >= 11 is 0. The molecule has 24 heavy (non-hydrogen) atoms. The van der Waals surface area contributed by atoms with E-state index < -0.39 is 5.60 Å². The van der Waals surface area contributed by atoms with E-state index >= 15 is 0 Å². The Labute approximate surface area is 144 Å². The molecule has 6 heteroatoms. The summed E-state index contributed by atoms with van der Waals surface area (Å²) in [5.74, 6) is -0.223. The molecule has 136 valence electrons. The Morgan fingerprint density at radius 3 is 2.25 bits per heavy atom. The van der Waals surface area contributed by atoms with Gasteiger partial charge in [-0.2, -0.15) is 0 Å². The summed E-state index contributed by atoms with van der Waals surface area (Å²) in [4.78, 5) is 28.0. The van der Waals surface area contributed by atoms with Gasteiger partial charge in [0.05, 0.1) is 7.11 Å². The number of hydrogen-bond donors (Lipinski definition) is 0. The smallest absolute Gasteiger partial charge is 0.410 e. The highest BCUT2D eigenvalue weighted by Gasteiger charge is 2.38. The lowest BCUT2D eigenvalue weighted by Crippen LogP contribution is -2.56. The zero-order valence-electron chi connectivity index (χ0n) is 15.6. The lowest BCUT2D eigenvalue weighted by molar-refractivity contribution is -0.136. The van der Waals surface area contributed by atoms with Crippen molar-refractivity contribution in [2.45, 2.75) is 58.1 Å². The van der Waals surface area contributed by atoms with E-state index in [1.807, 2.05) is 26.8 Å². The summed E-state index contributed by atoms with van der Waals surface area (Å²) in [5.41, 5.74) is 0.361. The molecule has 2 aliphatic rings. The zero-order valence-corrected chi connectivity index (χ0v) is 15.6. The van der Waals surface area contributed by atoms with Crippen molar-refractivity contribution in [3.63, 3.8) is 0 Å². The van der Waals surface area contributed by atoms with Gasteiger partial charge in [-0.15, -0.1) is 0 Å². The molecule has 0 spiro atoms. The molecule has 1 amide bonds. The Morgan fingerprint density at radius 2 is 1.79 bits per heavy atom. The molecule has 6 nitrogen and oxygen atoms in total. The van der Waals surface area contributed by atoms with Gasteiger partial charge in [0.25, 0.3) is 0 Å². The SMILES string of the molecule is COC(=O)C1=CCN(C2(C)CCN(C(=O)OC(C)(C)C)CC2)CC1. The van der Waals surface area contributed by atoms with Crippen molar-refractivity contribution >= 4 is 12.1 Å². The summed E-state index contributed by atoms with van der Waals surface area (Å²) < 4.78 is 10.2. The van der Waals surface area contributed by atoms with Crippen molar-refractivity contribution in [2.24, 2.45) is 0 Å². The van der Waals surface area contributed by atoms with Crippen LogP contribution in [0.15, 0.2) is 11.6 Å². The highest BCUT2D eigenvalue weighted by molar-refractivity contribution is 5.88. The molecule has 2 heterocycles. The largest absolute Gasteiger partial charge is 0.466 e. The highest BCUT2D eigenvalue weighted by Crippen LogP contribution is 2.31. The molecule has 0 saturated carbocycles. The van der Waals surface area contributed by atoms with E-state index in [9.17, 15) is 9.59 Å². The van der Waals surface area contributed by atoms with Crippen LogP contribution in [0.5, 0.6) is 0 Å². The molecule has 0 aromatic rings. The van der Waals surface area contributed by atoms with Crippen molar-refractivity contribution in [1.82, 2.24) is 9.80 Å². The van der Waals surface area contributed by atoms with Gasteiger partial charge in [0.2, 0.25) is 0 Å². The van der Waals surface area contributed by atoms with Gasteiger partial charge in [-0.1, -0.05) is 6.08 Å². The van der Waals surface area contributed by atoms with Crippen LogP contribution in [0.3, 0.4) is 0 Å². The first-order chi connectivity index (χ1) is 11.1. The molecular formula is C18H30N2O4. The molecule has 1 fully saturated rings. The maximum atomic E-state index is 12.2. The highest BCUT2D eigenvalue weighted by atomic mass is 16.6. The Hall–Kier alpha value is -1.56. The summed E-state index contributed by atoms with van der Waals surface area (Å²) in [7, 11) is 1.42. The van der Waals surface area contributed by atoms with E-state index in [2.05, 4.69) is 11.8 Å². The molecule has 0 atom stereocenters. The van der Waals surface area contributed by atoms with Crippen LogP contribution in [0.1, 0.15) is 47.0 Å². The minimum Gasteiger partial charge on any atom is -0.466 e. The van der Waals surface area contributed by atoms with Gasteiger partial charge in [-0.25, -0.2) is 9.59 Å². The second-order valence-corrected chi connectivity index (χ2v) is 7.88. The van der Waals surface area contributed by atoms with Crippen molar-refractivity contribution < 1.29 is 19.1 Å². The molecule has 0 aromatic carbocycles. The maximum Gasteiger partial charge on any atom is 0.410 e. The average Bonchev–Trinajstić information content (AvgIpc) is 2.53. The zero-order chi connectivity index (χ0) is 18.0. The van der Waals surface area contributed by atoms with Gasteiger partial charge < -0.3 is 14.4 Å². The van der Waals surface area contributed by atoms with Crippen LogP contribution in [-0.2, 0) is 14.3 Å². The molecule has 0 aromatic heterocycles. The number of amides is 1. The number of likely N-dealkylation sites (tertiary alicyclic amines) is 1. The van der Waals surface area contributed by atoms with Crippen LogP contribution in [0.4, 0.5) is 4.79 Å². The molecule has 0 unspecified atom stereocenters. The van der Waals surface area contributed by atoms with E-state index in [1.165, 1.54) is 7.11 Å². The van der Waals surface area contributed by atoms with E-state index in [4.69, 9.17) is 9.47 Å².